The Kier molecular flexibility index (Phi) is 5.48. The topological polar surface area (TPSA) is 20.2 Å². The normalized spacial score (nSPS) is 48.4. The van der Waals surface area contributed by atoms with Crippen LogP contribution >= 0.6 is 0 Å². The molecule has 0 saturated heterocycles. The highest BCUT2D eigenvalue weighted by Crippen LogP contribution is 2.66. The van der Waals surface area contributed by atoms with E-state index in [1.165, 1.54) is 77.0 Å². The summed E-state index contributed by atoms with van der Waals surface area (Å²) in [5.41, 5.74) is 3.25. The van der Waals surface area contributed by atoms with Crippen LogP contribution < -0.4 is 0 Å². The summed E-state index contributed by atoms with van der Waals surface area (Å²) < 4.78 is 0. The Labute approximate surface area is 186 Å². The van der Waals surface area contributed by atoms with Crippen LogP contribution in [0.3, 0.4) is 0 Å². The van der Waals surface area contributed by atoms with E-state index in [4.69, 9.17) is 0 Å². The fourth-order valence-electron chi connectivity index (χ4n) is 9.41. The van der Waals surface area contributed by atoms with Crippen LogP contribution in [0.2, 0.25) is 0 Å². The number of aliphatic hydroxyl groups excluding tert-OH is 1. The second-order valence-electron chi connectivity index (χ2n) is 13.7. The molecule has 7 atom stereocenters. The third kappa shape index (κ3) is 3.54. The Balaban J connectivity index is 1.25. The number of allylic oxidation sites excluding steroid dienone is 1. The van der Waals surface area contributed by atoms with Crippen molar-refractivity contribution in [3.05, 3.63) is 11.6 Å². The first kappa shape index (κ1) is 21.5. The van der Waals surface area contributed by atoms with E-state index in [1.807, 2.05) is 0 Å². The molecule has 0 unspecified atom stereocenters. The fraction of sp³-hybridized carbons (Fsp3) is 0.931. The highest BCUT2D eigenvalue weighted by molar-refractivity contribution is 5.25. The van der Waals surface area contributed by atoms with E-state index < -0.39 is 0 Å². The molecule has 4 fully saturated rings. The van der Waals surface area contributed by atoms with Crippen LogP contribution in [0.5, 0.6) is 0 Å². The maximum absolute atomic E-state index is 10.2. The molecule has 30 heavy (non-hydrogen) atoms. The van der Waals surface area contributed by atoms with E-state index in [-0.39, 0.29) is 6.10 Å². The highest BCUT2D eigenvalue weighted by atomic mass is 16.3. The largest absolute Gasteiger partial charge is 0.393 e. The molecule has 0 spiro atoms. The van der Waals surface area contributed by atoms with Crippen LogP contribution in [-0.4, -0.2) is 11.2 Å². The molecule has 5 aliphatic carbocycles. The molecule has 0 bridgehead atoms. The van der Waals surface area contributed by atoms with Gasteiger partial charge < -0.3 is 5.11 Å². The lowest BCUT2D eigenvalue weighted by Gasteiger charge is -2.58. The van der Waals surface area contributed by atoms with Gasteiger partial charge in [0, 0.05) is 0 Å². The molecule has 0 aliphatic heterocycles. The zero-order chi connectivity index (χ0) is 21.1. The maximum Gasteiger partial charge on any atom is 0.0577 e. The lowest BCUT2D eigenvalue weighted by Crippen LogP contribution is -2.50. The minimum atomic E-state index is -0.0732. The van der Waals surface area contributed by atoms with Gasteiger partial charge in [0.15, 0.2) is 0 Å². The van der Waals surface area contributed by atoms with Crippen molar-refractivity contribution in [1.29, 1.82) is 0 Å². The van der Waals surface area contributed by atoms with Gasteiger partial charge in [-0.3, -0.25) is 0 Å². The number of rotatable bonds is 3. The summed E-state index contributed by atoms with van der Waals surface area (Å²) in [5, 5.41) is 10.2. The van der Waals surface area contributed by atoms with Crippen molar-refractivity contribution >= 4 is 0 Å². The Hall–Kier alpha value is -0.300. The van der Waals surface area contributed by atoms with E-state index in [0.29, 0.717) is 16.2 Å². The molecule has 0 heterocycles. The van der Waals surface area contributed by atoms with Crippen molar-refractivity contribution in [1.82, 2.24) is 0 Å². The van der Waals surface area contributed by atoms with E-state index in [2.05, 4.69) is 33.8 Å². The molecule has 1 N–H and O–H groups in total. The van der Waals surface area contributed by atoms with E-state index in [0.717, 1.165) is 42.4 Å². The van der Waals surface area contributed by atoms with Gasteiger partial charge in [0.2, 0.25) is 0 Å². The fourth-order valence-corrected chi connectivity index (χ4v) is 9.41. The Morgan fingerprint density at radius 3 is 2.37 bits per heavy atom. The minimum Gasteiger partial charge on any atom is -0.393 e. The van der Waals surface area contributed by atoms with Gasteiger partial charge in [-0.2, -0.15) is 0 Å². The third-order valence-corrected chi connectivity index (χ3v) is 11.7. The summed E-state index contributed by atoms with van der Waals surface area (Å²) in [5.74, 6) is 4.79. The number of hydrogen-bond acceptors (Lipinski definition) is 1. The summed E-state index contributed by atoms with van der Waals surface area (Å²) >= 11 is 0. The molecule has 5 rings (SSSR count). The van der Waals surface area contributed by atoms with Crippen LogP contribution in [0.1, 0.15) is 118 Å². The minimum absolute atomic E-state index is 0.0732. The molecule has 0 aromatic rings. The van der Waals surface area contributed by atoms with E-state index in [1.54, 1.807) is 5.57 Å². The highest BCUT2D eigenvalue weighted by Gasteiger charge is 2.58. The van der Waals surface area contributed by atoms with Crippen LogP contribution in [0.4, 0.5) is 0 Å². The van der Waals surface area contributed by atoms with Gasteiger partial charge >= 0.3 is 0 Å². The molecule has 0 aromatic heterocycles. The van der Waals surface area contributed by atoms with Gasteiger partial charge in [-0.25, -0.2) is 0 Å². The second-order valence-corrected chi connectivity index (χ2v) is 13.7. The van der Waals surface area contributed by atoms with Gasteiger partial charge in [-0.15, -0.1) is 0 Å². The Morgan fingerprint density at radius 2 is 1.60 bits per heavy atom. The van der Waals surface area contributed by atoms with E-state index in [9.17, 15) is 5.11 Å². The molecule has 5 aliphatic rings. The zero-order valence-electron chi connectivity index (χ0n) is 20.4. The predicted molar refractivity (Wildman–Crippen MR) is 126 cm³/mol. The summed E-state index contributed by atoms with van der Waals surface area (Å²) in [4.78, 5) is 0. The molecular weight excluding hydrogens is 364 g/mol. The Bertz CT molecular complexity index is 666. The smallest absolute Gasteiger partial charge is 0.0577 e. The molecule has 4 saturated carbocycles. The average Bonchev–Trinajstić information content (AvgIpc) is 3.04. The van der Waals surface area contributed by atoms with Crippen LogP contribution in [0.15, 0.2) is 11.6 Å². The molecule has 0 aromatic carbocycles. The van der Waals surface area contributed by atoms with Crippen molar-refractivity contribution in [2.24, 2.45) is 45.8 Å². The Morgan fingerprint density at radius 1 is 0.833 bits per heavy atom. The molecule has 170 valence electrons. The number of fused-ring (bicyclic) bond motifs is 5. The summed E-state index contributed by atoms with van der Waals surface area (Å²) in [7, 11) is 0. The second kappa shape index (κ2) is 7.64. The van der Waals surface area contributed by atoms with Crippen molar-refractivity contribution in [2.75, 3.05) is 0 Å². The first-order valence-corrected chi connectivity index (χ1v) is 13.6. The summed E-state index contributed by atoms with van der Waals surface area (Å²) in [6, 6.07) is 0. The zero-order valence-corrected chi connectivity index (χ0v) is 20.4. The summed E-state index contributed by atoms with van der Waals surface area (Å²) in [6.07, 6.45) is 21.9. The molecular formula is C29H48O. The first-order valence-electron chi connectivity index (χ1n) is 13.6. The quantitative estimate of drug-likeness (QED) is 0.467. The SMILES string of the molecule is CC1(C)CCC(CC[C@H]2CC[C@H]3[C@@H]4CC=C5C[C@@H](O)CC[C@]5(C)[C@H]4CC[C@]23C)CC1. The molecule has 1 heteroatoms. The van der Waals surface area contributed by atoms with Gasteiger partial charge in [0.25, 0.3) is 0 Å². The van der Waals surface area contributed by atoms with Crippen molar-refractivity contribution in [3.63, 3.8) is 0 Å². The number of aliphatic hydroxyl groups is 1. The van der Waals surface area contributed by atoms with Gasteiger partial charge in [-0.05, 0) is 129 Å². The van der Waals surface area contributed by atoms with Crippen molar-refractivity contribution in [2.45, 2.75) is 124 Å². The maximum atomic E-state index is 10.2. The molecule has 0 radical (unpaired) electrons. The third-order valence-electron chi connectivity index (χ3n) is 11.7. The monoisotopic (exact) mass is 412 g/mol. The lowest BCUT2D eigenvalue weighted by atomic mass is 9.47. The van der Waals surface area contributed by atoms with Crippen LogP contribution in [-0.2, 0) is 0 Å². The van der Waals surface area contributed by atoms with Gasteiger partial charge in [0.05, 0.1) is 6.10 Å². The van der Waals surface area contributed by atoms with Crippen molar-refractivity contribution < 1.29 is 5.11 Å². The standard InChI is InChI=1S/C29H48O/c1-27(2)15-11-20(12-16-27)5-6-21-8-10-25-24-9-7-22-19-23(30)13-17-29(22,4)26(24)14-18-28(21,25)3/h7,20-21,23-26,30H,5-6,8-19H2,1-4H3/t21-,23-,24-,25-,26-,28+,29-/m0/s1. The van der Waals surface area contributed by atoms with Crippen LogP contribution in [0, 0.1) is 45.8 Å². The van der Waals surface area contributed by atoms with E-state index >= 15 is 0 Å². The van der Waals surface area contributed by atoms with Crippen molar-refractivity contribution in [3.8, 4) is 0 Å². The summed E-state index contributed by atoms with van der Waals surface area (Å²) in [6.45, 7) is 10.2. The van der Waals surface area contributed by atoms with Gasteiger partial charge in [-0.1, -0.05) is 45.8 Å². The first-order chi connectivity index (χ1) is 14.2. The van der Waals surface area contributed by atoms with Crippen LogP contribution in [0.25, 0.3) is 0 Å². The van der Waals surface area contributed by atoms with Gasteiger partial charge in [0.1, 0.15) is 0 Å². The predicted octanol–water partition coefficient (Wildman–Crippen LogP) is 7.92. The molecule has 1 nitrogen and oxygen atoms in total. The lowest BCUT2D eigenvalue weighted by molar-refractivity contribution is -0.0514. The molecule has 0 amide bonds. The number of hydrogen-bond donors (Lipinski definition) is 1. The average molecular weight is 413 g/mol.